The standard InChI is InChI=1S/C17H17N3O4/c1-3-13-8-9-15(10-16(13)20(22)23)19-17(21)14-6-4-12(5-7-14)11-18-24-2/h4-11H,3H2,1-2H3,(H,19,21)/b18-11+. The lowest BCUT2D eigenvalue weighted by molar-refractivity contribution is -0.385. The summed E-state index contributed by atoms with van der Waals surface area (Å²) in [5.74, 6) is -0.344. The third-order valence-corrected chi connectivity index (χ3v) is 3.40. The number of carbonyl (C=O) groups is 1. The van der Waals surface area contributed by atoms with E-state index in [1.54, 1.807) is 36.4 Å². The molecule has 1 amide bonds. The van der Waals surface area contributed by atoms with Crippen LogP contribution in [0.3, 0.4) is 0 Å². The van der Waals surface area contributed by atoms with Crippen molar-refractivity contribution >= 4 is 23.5 Å². The zero-order valence-corrected chi connectivity index (χ0v) is 13.4. The molecule has 0 saturated carbocycles. The Bertz CT molecular complexity index is 770. The average Bonchev–Trinajstić information content (AvgIpc) is 2.60. The first kappa shape index (κ1) is 17.1. The maximum absolute atomic E-state index is 12.2. The normalized spacial score (nSPS) is 10.6. The van der Waals surface area contributed by atoms with Crippen LogP contribution in [0.25, 0.3) is 0 Å². The van der Waals surface area contributed by atoms with Crippen molar-refractivity contribution in [1.29, 1.82) is 0 Å². The van der Waals surface area contributed by atoms with Crippen LogP contribution >= 0.6 is 0 Å². The molecule has 2 aromatic carbocycles. The Balaban J connectivity index is 2.16. The van der Waals surface area contributed by atoms with Gasteiger partial charge in [-0.05, 0) is 30.2 Å². The fourth-order valence-electron chi connectivity index (χ4n) is 2.15. The zero-order valence-electron chi connectivity index (χ0n) is 13.4. The third kappa shape index (κ3) is 4.16. The van der Waals surface area contributed by atoms with E-state index in [2.05, 4.69) is 15.3 Å². The molecule has 0 saturated heterocycles. The molecule has 0 aromatic heterocycles. The predicted octanol–water partition coefficient (Wildman–Crippen LogP) is 3.39. The van der Waals surface area contributed by atoms with Crippen LogP contribution in [0.1, 0.15) is 28.4 Å². The fraction of sp³-hybridized carbons (Fsp3) is 0.176. The van der Waals surface area contributed by atoms with Gasteiger partial charge in [-0.3, -0.25) is 14.9 Å². The minimum Gasteiger partial charge on any atom is -0.399 e. The second-order valence-corrected chi connectivity index (χ2v) is 4.95. The number of hydrogen-bond acceptors (Lipinski definition) is 5. The van der Waals surface area contributed by atoms with Crippen LogP contribution in [0.2, 0.25) is 0 Å². The van der Waals surface area contributed by atoms with Gasteiger partial charge in [0.2, 0.25) is 0 Å². The largest absolute Gasteiger partial charge is 0.399 e. The van der Waals surface area contributed by atoms with Gasteiger partial charge in [0, 0.05) is 22.9 Å². The van der Waals surface area contributed by atoms with E-state index in [0.717, 1.165) is 5.56 Å². The van der Waals surface area contributed by atoms with E-state index in [1.165, 1.54) is 19.4 Å². The number of oxime groups is 1. The maximum Gasteiger partial charge on any atom is 0.274 e. The Hall–Kier alpha value is -3.22. The van der Waals surface area contributed by atoms with Gasteiger partial charge in [-0.25, -0.2) is 0 Å². The summed E-state index contributed by atoms with van der Waals surface area (Å²) in [7, 11) is 1.45. The number of amides is 1. The van der Waals surface area contributed by atoms with Crippen LogP contribution in [0, 0.1) is 10.1 Å². The van der Waals surface area contributed by atoms with E-state index in [9.17, 15) is 14.9 Å². The molecular weight excluding hydrogens is 310 g/mol. The Kier molecular flexibility index (Phi) is 5.62. The first-order valence-electron chi connectivity index (χ1n) is 7.30. The average molecular weight is 327 g/mol. The van der Waals surface area contributed by atoms with Gasteiger partial charge < -0.3 is 10.2 Å². The SMILES string of the molecule is CCc1ccc(NC(=O)c2ccc(/C=N/OC)cc2)cc1[N+](=O)[O-]. The van der Waals surface area contributed by atoms with Gasteiger partial charge in [-0.1, -0.05) is 30.3 Å². The van der Waals surface area contributed by atoms with E-state index < -0.39 is 4.92 Å². The Morgan fingerprint density at radius 1 is 1.29 bits per heavy atom. The van der Waals surface area contributed by atoms with Gasteiger partial charge in [0.1, 0.15) is 7.11 Å². The van der Waals surface area contributed by atoms with Gasteiger partial charge in [0.15, 0.2) is 0 Å². The molecule has 0 aliphatic carbocycles. The monoisotopic (exact) mass is 327 g/mol. The highest BCUT2D eigenvalue weighted by Gasteiger charge is 2.14. The highest BCUT2D eigenvalue weighted by atomic mass is 16.6. The summed E-state index contributed by atoms with van der Waals surface area (Å²) in [4.78, 5) is 27.5. The highest BCUT2D eigenvalue weighted by molar-refractivity contribution is 6.04. The van der Waals surface area contributed by atoms with E-state index >= 15 is 0 Å². The van der Waals surface area contributed by atoms with Crippen molar-refractivity contribution in [2.24, 2.45) is 5.16 Å². The molecule has 0 spiro atoms. The van der Waals surface area contributed by atoms with Crippen molar-refractivity contribution < 1.29 is 14.6 Å². The molecule has 0 aliphatic heterocycles. The molecule has 0 unspecified atom stereocenters. The molecule has 2 aromatic rings. The van der Waals surface area contributed by atoms with Crippen molar-refractivity contribution in [1.82, 2.24) is 0 Å². The van der Waals surface area contributed by atoms with E-state index in [-0.39, 0.29) is 11.6 Å². The molecule has 7 heteroatoms. The zero-order chi connectivity index (χ0) is 17.5. The van der Waals surface area contributed by atoms with Crippen molar-refractivity contribution in [3.8, 4) is 0 Å². The summed E-state index contributed by atoms with van der Waals surface area (Å²) in [5, 5.41) is 17.4. The summed E-state index contributed by atoms with van der Waals surface area (Å²) in [6.07, 6.45) is 2.07. The molecule has 0 aliphatic rings. The van der Waals surface area contributed by atoms with Gasteiger partial charge in [-0.15, -0.1) is 0 Å². The summed E-state index contributed by atoms with van der Waals surface area (Å²) < 4.78 is 0. The fourth-order valence-corrected chi connectivity index (χ4v) is 2.15. The van der Waals surface area contributed by atoms with E-state index in [4.69, 9.17) is 0 Å². The number of carbonyl (C=O) groups excluding carboxylic acids is 1. The number of aryl methyl sites for hydroxylation is 1. The summed E-state index contributed by atoms with van der Waals surface area (Å²) in [6, 6.07) is 11.4. The number of rotatable bonds is 6. The lowest BCUT2D eigenvalue weighted by atomic mass is 10.1. The third-order valence-electron chi connectivity index (χ3n) is 3.40. The minimum absolute atomic E-state index is 0.00132. The van der Waals surface area contributed by atoms with Crippen molar-refractivity contribution in [2.45, 2.75) is 13.3 Å². The van der Waals surface area contributed by atoms with Crippen molar-refractivity contribution in [3.05, 3.63) is 69.3 Å². The quantitative estimate of drug-likeness (QED) is 0.500. The van der Waals surface area contributed by atoms with E-state index in [0.29, 0.717) is 23.2 Å². The molecule has 24 heavy (non-hydrogen) atoms. The second-order valence-electron chi connectivity index (χ2n) is 4.95. The lowest BCUT2D eigenvalue weighted by Crippen LogP contribution is -2.12. The van der Waals surface area contributed by atoms with Crippen LogP contribution in [0.15, 0.2) is 47.6 Å². The molecule has 2 rings (SSSR count). The first-order valence-corrected chi connectivity index (χ1v) is 7.30. The predicted molar refractivity (Wildman–Crippen MR) is 91.5 cm³/mol. The number of nitro benzene ring substituents is 1. The number of nitro groups is 1. The molecule has 124 valence electrons. The molecule has 0 atom stereocenters. The van der Waals surface area contributed by atoms with Gasteiger partial charge in [-0.2, -0.15) is 0 Å². The topological polar surface area (TPSA) is 93.8 Å². The first-order chi connectivity index (χ1) is 11.5. The van der Waals surface area contributed by atoms with E-state index in [1.807, 2.05) is 6.92 Å². The van der Waals surface area contributed by atoms with Gasteiger partial charge in [0.25, 0.3) is 11.6 Å². The molecule has 0 fully saturated rings. The molecule has 0 radical (unpaired) electrons. The minimum atomic E-state index is -0.446. The summed E-state index contributed by atoms with van der Waals surface area (Å²) >= 11 is 0. The number of nitrogens with one attached hydrogen (secondary N) is 1. The second kappa shape index (κ2) is 7.87. The Morgan fingerprint density at radius 3 is 2.58 bits per heavy atom. The molecular formula is C17H17N3O4. The summed E-state index contributed by atoms with van der Waals surface area (Å²) in [6.45, 7) is 1.84. The highest BCUT2D eigenvalue weighted by Crippen LogP contribution is 2.24. The van der Waals surface area contributed by atoms with Crippen LogP contribution in [0.4, 0.5) is 11.4 Å². The molecule has 1 N–H and O–H groups in total. The number of nitrogens with zero attached hydrogens (tertiary/aromatic N) is 2. The van der Waals surface area contributed by atoms with Gasteiger partial charge >= 0.3 is 0 Å². The number of benzene rings is 2. The van der Waals surface area contributed by atoms with Crippen LogP contribution in [-0.2, 0) is 11.3 Å². The number of anilines is 1. The molecule has 0 bridgehead atoms. The Labute approximate surface area is 139 Å². The summed E-state index contributed by atoms with van der Waals surface area (Å²) in [5.41, 5.74) is 2.23. The Morgan fingerprint density at radius 2 is 2.00 bits per heavy atom. The molecule has 0 heterocycles. The lowest BCUT2D eigenvalue weighted by Gasteiger charge is -2.07. The number of hydrogen-bond donors (Lipinski definition) is 1. The van der Waals surface area contributed by atoms with Crippen LogP contribution in [-0.4, -0.2) is 24.2 Å². The van der Waals surface area contributed by atoms with Crippen molar-refractivity contribution in [2.75, 3.05) is 12.4 Å². The smallest absolute Gasteiger partial charge is 0.274 e. The van der Waals surface area contributed by atoms with Gasteiger partial charge in [0.05, 0.1) is 11.1 Å². The maximum atomic E-state index is 12.2. The molecule has 7 nitrogen and oxygen atoms in total. The van der Waals surface area contributed by atoms with Crippen LogP contribution < -0.4 is 5.32 Å². The van der Waals surface area contributed by atoms with Crippen molar-refractivity contribution in [3.63, 3.8) is 0 Å². The van der Waals surface area contributed by atoms with Crippen LogP contribution in [0.5, 0.6) is 0 Å².